The Balaban J connectivity index is 2.89. The lowest BCUT2D eigenvalue weighted by molar-refractivity contribution is 0.00514. The van der Waals surface area contributed by atoms with E-state index >= 15 is 0 Å². The first kappa shape index (κ1) is 13.2. The van der Waals surface area contributed by atoms with Crippen LogP contribution in [0.15, 0.2) is 29.2 Å². The third-order valence-corrected chi connectivity index (χ3v) is 3.34. The van der Waals surface area contributed by atoms with Crippen molar-refractivity contribution in [1.29, 1.82) is 0 Å². The summed E-state index contributed by atoms with van der Waals surface area (Å²) in [6.07, 6.45) is 2.00. The molecule has 0 heterocycles. The molecule has 0 fully saturated rings. The number of hydroxylamine groups is 2. The largest absolute Gasteiger partial charge is 0.313 e. The van der Waals surface area contributed by atoms with E-state index in [1.54, 1.807) is 12.1 Å². The Morgan fingerprint density at radius 3 is 2.19 bits per heavy atom. The van der Waals surface area contributed by atoms with Gasteiger partial charge in [-0.05, 0) is 24.1 Å². The van der Waals surface area contributed by atoms with Gasteiger partial charge in [0.2, 0.25) is 0 Å². The van der Waals surface area contributed by atoms with Gasteiger partial charge in [-0.25, -0.2) is 0 Å². The molecule has 0 atom stereocenters. The number of hydrogen-bond donors (Lipinski definition) is 0. The van der Waals surface area contributed by atoms with Crippen molar-refractivity contribution in [1.82, 2.24) is 5.06 Å². The Labute approximate surface area is 96.9 Å². The first-order valence-electron chi connectivity index (χ1n) is 5.16. The Bertz CT molecular complexity index is 423. The molecule has 0 bridgehead atoms. The van der Waals surface area contributed by atoms with Crippen LogP contribution in [-0.2, 0) is 20.8 Å². The van der Waals surface area contributed by atoms with Gasteiger partial charge in [-0.15, -0.1) is 0 Å². The molecule has 1 rings (SSSR count). The lowest BCUT2D eigenvalue weighted by atomic mass is 10.1. The second-order valence-corrected chi connectivity index (χ2v) is 5.26. The van der Waals surface area contributed by atoms with Gasteiger partial charge < -0.3 is 0 Å². The highest BCUT2D eigenvalue weighted by molar-refractivity contribution is 7.86. The van der Waals surface area contributed by atoms with Gasteiger partial charge >= 0.3 is 10.1 Å². The van der Waals surface area contributed by atoms with Crippen molar-refractivity contribution in [3.05, 3.63) is 29.8 Å². The maximum atomic E-state index is 11.6. The predicted octanol–water partition coefficient (Wildman–Crippen LogP) is 1.82. The molecule has 0 aromatic heterocycles. The standard InChI is InChI=1S/C11H17NO3S/c1-4-5-10-6-8-11(9-7-10)16(13,14)15-12(2)3/h6-9H,4-5H2,1-3H3. The normalized spacial score (nSPS) is 12.0. The topological polar surface area (TPSA) is 46.6 Å². The van der Waals surface area contributed by atoms with Crippen molar-refractivity contribution < 1.29 is 12.7 Å². The fourth-order valence-electron chi connectivity index (χ4n) is 1.35. The molecule has 90 valence electrons. The summed E-state index contributed by atoms with van der Waals surface area (Å²) in [6, 6.07) is 6.78. The molecule has 0 saturated heterocycles. The number of rotatable bonds is 5. The zero-order valence-corrected chi connectivity index (χ0v) is 10.6. The summed E-state index contributed by atoms with van der Waals surface area (Å²) in [7, 11) is -0.604. The maximum absolute atomic E-state index is 11.6. The monoisotopic (exact) mass is 243 g/mol. The molecule has 0 unspecified atom stereocenters. The third kappa shape index (κ3) is 3.59. The summed E-state index contributed by atoms with van der Waals surface area (Å²) in [6.45, 7) is 2.08. The van der Waals surface area contributed by atoms with Gasteiger partial charge in [-0.2, -0.15) is 17.8 Å². The minimum Gasteiger partial charge on any atom is -0.192 e. The summed E-state index contributed by atoms with van der Waals surface area (Å²) in [5.41, 5.74) is 1.13. The highest BCUT2D eigenvalue weighted by atomic mass is 32.2. The molecule has 0 saturated carbocycles. The van der Waals surface area contributed by atoms with E-state index < -0.39 is 10.1 Å². The number of nitrogens with zero attached hydrogens (tertiary/aromatic N) is 1. The van der Waals surface area contributed by atoms with Crippen LogP contribution in [0.1, 0.15) is 18.9 Å². The summed E-state index contributed by atoms with van der Waals surface area (Å²) in [5.74, 6) is 0. The van der Waals surface area contributed by atoms with Crippen molar-refractivity contribution in [3.63, 3.8) is 0 Å². The zero-order valence-electron chi connectivity index (χ0n) is 9.80. The van der Waals surface area contributed by atoms with Crippen LogP contribution in [0.25, 0.3) is 0 Å². The van der Waals surface area contributed by atoms with Gasteiger partial charge in [0.15, 0.2) is 0 Å². The fourth-order valence-corrected chi connectivity index (χ4v) is 2.30. The molecular formula is C11H17NO3S. The van der Waals surface area contributed by atoms with Crippen molar-refractivity contribution in [2.24, 2.45) is 0 Å². The molecule has 0 aliphatic heterocycles. The summed E-state index contributed by atoms with van der Waals surface area (Å²) >= 11 is 0. The Morgan fingerprint density at radius 2 is 1.75 bits per heavy atom. The molecule has 0 spiro atoms. The molecule has 0 aliphatic rings. The van der Waals surface area contributed by atoms with Crippen molar-refractivity contribution in [2.75, 3.05) is 14.1 Å². The highest BCUT2D eigenvalue weighted by Gasteiger charge is 2.16. The summed E-state index contributed by atoms with van der Waals surface area (Å²) < 4.78 is 28.0. The van der Waals surface area contributed by atoms with Crippen LogP contribution in [0.3, 0.4) is 0 Å². The highest BCUT2D eigenvalue weighted by Crippen LogP contribution is 2.14. The molecule has 0 amide bonds. The van der Waals surface area contributed by atoms with Crippen LogP contribution in [0.5, 0.6) is 0 Å². The van der Waals surface area contributed by atoms with Gasteiger partial charge in [0, 0.05) is 14.1 Å². The number of hydrogen-bond acceptors (Lipinski definition) is 4. The Morgan fingerprint density at radius 1 is 1.19 bits per heavy atom. The van der Waals surface area contributed by atoms with Crippen LogP contribution in [0.2, 0.25) is 0 Å². The van der Waals surface area contributed by atoms with Gasteiger partial charge in [0.05, 0.1) is 4.90 Å². The predicted molar refractivity (Wildman–Crippen MR) is 62.4 cm³/mol. The average molecular weight is 243 g/mol. The van der Waals surface area contributed by atoms with Crippen LogP contribution >= 0.6 is 0 Å². The molecule has 1 aromatic carbocycles. The molecule has 0 aliphatic carbocycles. The Kier molecular flexibility index (Phi) is 4.46. The van der Waals surface area contributed by atoms with Crippen LogP contribution in [-0.4, -0.2) is 27.6 Å². The Hall–Kier alpha value is -0.910. The molecule has 0 radical (unpaired) electrons. The van der Waals surface area contributed by atoms with E-state index in [1.807, 2.05) is 12.1 Å². The summed E-state index contributed by atoms with van der Waals surface area (Å²) in [5, 5.41) is 1.16. The molecule has 4 nitrogen and oxygen atoms in total. The number of benzene rings is 1. The van der Waals surface area contributed by atoms with Crippen molar-refractivity contribution in [3.8, 4) is 0 Å². The van der Waals surface area contributed by atoms with E-state index in [-0.39, 0.29) is 4.90 Å². The van der Waals surface area contributed by atoms with E-state index in [9.17, 15) is 8.42 Å². The second-order valence-electron chi connectivity index (χ2n) is 3.73. The average Bonchev–Trinajstić information content (AvgIpc) is 2.17. The minimum absolute atomic E-state index is 0.182. The van der Waals surface area contributed by atoms with E-state index in [0.29, 0.717) is 0 Å². The molecule has 0 N–H and O–H groups in total. The van der Waals surface area contributed by atoms with Gasteiger partial charge in [-0.3, -0.25) is 0 Å². The molecular weight excluding hydrogens is 226 g/mol. The van der Waals surface area contributed by atoms with Crippen LogP contribution < -0.4 is 0 Å². The van der Waals surface area contributed by atoms with E-state index in [2.05, 4.69) is 6.92 Å². The smallest absolute Gasteiger partial charge is 0.192 e. The fraction of sp³-hybridized carbons (Fsp3) is 0.455. The van der Waals surface area contributed by atoms with Crippen LogP contribution in [0, 0.1) is 0 Å². The molecule has 1 aromatic rings. The maximum Gasteiger partial charge on any atom is 0.313 e. The summed E-state index contributed by atoms with van der Waals surface area (Å²) in [4.78, 5) is 0.182. The van der Waals surface area contributed by atoms with E-state index in [4.69, 9.17) is 4.28 Å². The lowest BCUT2D eigenvalue weighted by Gasteiger charge is -2.10. The zero-order chi connectivity index (χ0) is 12.2. The third-order valence-electron chi connectivity index (χ3n) is 2.00. The van der Waals surface area contributed by atoms with E-state index in [0.717, 1.165) is 23.5 Å². The van der Waals surface area contributed by atoms with Gasteiger partial charge in [-0.1, -0.05) is 25.5 Å². The molecule has 16 heavy (non-hydrogen) atoms. The van der Waals surface area contributed by atoms with Gasteiger partial charge in [0.1, 0.15) is 0 Å². The van der Waals surface area contributed by atoms with Crippen molar-refractivity contribution >= 4 is 10.1 Å². The number of aryl methyl sites for hydroxylation is 1. The molecule has 5 heteroatoms. The van der Waals surface area contributed by atoms with Crippen LogP contribution in [0.4, 0.5) is 0 Å². The van der Waals surface area contributed by atoms with E-state index in [1.165, 1.54) is 14.1 Å². The van der Waals surface area contributed by atoms with Crippen molar-refractivity contribution in [2.45, 2.75) is 24.7 Å². The minimum atomic E-state index is -3.67. The quantitative estimate of drug-likeness (QED) is 0.740. The first-order valence-corrected chi connectivity index (χ1v) is 6.57. The first-order chi connectivity index (χ1) is 7.45. The second kappa shape index (κ2) is 5.43. The SMILES string of the molecule is CCCc1ccc(S(=O)(=O)ON(C)C)cc1. The lowest BCUT2D eigenvalue weighted by Crippen LogP contribution is -2.18. The van der Waals surface area contributed by atoms with Gasteiger partial charge in [0.25, 0.3) is 0 Å².